The fraction of sp³-hybridized carbons (Fsp3) is 0.909. The number of hydrogen-bond donors (Lipinski definition) is 1. The minimum atomic E-state index is -0.591. The Balaban J connectivity index is 2.04. The second kappa shape index (κ2) is 3.89. The summed E-state index contributed by atoms with van der Waals surface area (Å²) in [6.45, 7) is 1.73. The lowest BCUT2D eigenvalue weighted by molar-refractivity contribution is -0.143. The third-order valence-corrected chi connectivity index (χ3v) is 3.87. The zero-order chi connectivity index (χ0) is 10.1. The van der Waals surface area contributed by atoms with E-state index in [0.29, 0.717) is 11.8 Å². The summed E-state index contributed by atoms with van der Waals surface area (Å²) in [4.78, 5) is 13.3. The molecule has 3 nitrogen and oxygen atoms in total. The van der Waals surface area contributed by atoms with Gasteiger partial charge in [-0.2, -0.15) is 0 Å². The molecule has 1 aliphatic heterocycles. The standard InChI is InChI=1S/C11H19NO2/c1-12-6-9(8-4-2-3-5-8)10(7-12)11(13)14/h8-10H,2-7H2,1H3,(H,13,14)/t9-,10+/m1/s1. The summed E-state index contributed by atoms with van der Waals surface area (Å²) in [5.41, 5.74) is 0. The van der Waals surface area contributed by atoms with E-state index in [-0.39, 0.29) is 5.92 Å². The van der Waals surface area contributed by atoms with Crippen LogP contribution >= 0.6 is 0 Å². The van der Waals surface area contributed by atoms with Crippen molar-refractivity contribution in [2.24, 2.45) is 17.8 Å². The van der Waals surface area contributed by atoms with Crippen LogP contribution in [0, 0.1) is 17.8 Å². The summed E-state index contributed by atoms with van der Waals surface area (Å²) in [6.07, 6.45) is 5.11. The van der Waals surface area contributed by atoms with Gasteiger partial charge in [-0.3, -0.25) is 4.79 Å². The summed E-state index contributed by atoms with van der Waals surface area (Å²) in [5, 5.41) is 9.14. The van der Waals surface area contributed by atoms with E-state index in [0.717, 1.165) is 13.1 Å². The largest absolute Gasteiger partial charge is 0.481 e. The van der Waals surface area contributed by atoms with Gasteiger partial charge in [-0.15, -0.1) is 0 Å². The molecule has 1 saturated carbocycles. The fourth-order valence-corrected chi connectivity index (χ4v) is 3.16. The van der Waals surface area contributed by atoms with Crippen LogP contribution < -0.4 is 0 Å². The minimum absolute atomic E-state index is 0.108. The zero-order valence-corrected chi connectivity index (χ0v) is 8.78. The lowest BCUT2D eigenvalue weighted by atomic mass is 9.83. The molecule has 0 aromatic carbocycles. The van der Waals surface area contributed by atoms with Crippen molar-refractivity contribution in [3.8, 4) is 0 Å². The van der Waals surface area contributed by atoms with Crippen LogP contribution in [0.15, 0.2) is 0 Å². The van der Waals surface area contributed by atoms with Crippen molar-refractivity contribution in [2.45, 2.75) is 25.7 Å². The Morgan fingerprint density at radius 3 is 2.50 bits per heavy atom. The third kappa shape index (κ3) is 1.78. The number of carbonyl (C=O) groups is 1. The highest BCUT2D eigenvalue weighted by Gasteiger charge is 2.41. The molecule has 0 spiro atoms. The van der Waals surface area contributed by atoms with Gasteiger partial charge in [0.25, 0.3) is 0 Å². The molecular formula is C11H19NO2. The van der Waals surface area contributed by atoms with Crippen LogP contribution in [0.4, 0.5) is 0 Å². The van der Waals surface area contributed by atoms with Crippen LogP contribution in [-0.4, -0.2) is 36.1 Å². The monoisotopic (exact) mass is 197 g/mol. The van der Waals surface area contributed by atoms with Gasteiger partial charge in [0, 0.05) is 13.1 Å². The van der Waals surface area contributed by atoms with Crippen LogP contribution in [-0.2, 0) is 4.79 Å². The van der Waals surface area contributed by atoms with Gasteiger partial charge in [-0.25, -0.2) is 0 Å². The van der Waals surface area contributed by atoms with E-state index in [1.165, 1.54) is 25.7 Å². The van der Waals surface area contributed by atoms with Crippen LogP contribution in [0.1, 0.15) is 25.7 Å². The Bertz CT molecular complexity index is 223. The molecule has 1 saturated heterocycles. The van der Waals surface area contributed by atoms with Crippen molar-refractivity contribution >= 4 is 5.97 Å². The average molecular weight is 197 g/mol. The van der Waals surface area contributed by atoms with Crippen LogP contribution in [0.3, 0.4) is 0 Å². The number of carboxylic acid groups (broad SMARTS) is 1. The molecule has 80 valence electrons. The fourth-order valence-electron chi connectivity index (χ4n) is 3.16. The van der Waals surface area contributed by atoms with Gasteiger partial charge in [0.05, 0.1) is 5.92 Å². The molecule has 0 unspecified atom stereocenters. The number of nitrogens with zero attached hydrogens (tertiary/aromatic N) is 1. The lowest BCUT2D eigenvalue weighted by Crippen LogP contribution is -2.26. The Hall–Kier alpha value is -0.570. The molecule has 2 fully saturated rings. The van der Waals surface area contributed by atoms with E-state index in [2.05, 4.69) is 4.90 Å². The molecule has 1 aliphatic carbocycles. The van der Waals surface area contributed by atoms with Crippen molar-refractivity contribution in [1.29, 1.82) is 0 Å². The van der Waals surface area contributed by atoms with E-state index in [1.807, 2.05) is 7.05 Å². The first kappa shape index (κ1) is 9.97. The lowest BCUT2D eigenvalue weighted by Gasteiger charge is -2.21. The number of carboxylic acids is 1. The molecule has 0 aromatic heterocycles. The average Bonchev–Trinajstić information content (AvgIpc) is 2.70. The molecule has 0 bridgehead atoms. The molecule has 2 atom stereocenters. The second-order valence-electron chi connectivity index (χ2n) is 4.87. The van der Waals surface area contributed by atoms with Gasteiger partial charge in [0.15, 0.2) is 0 Å². The van der Waals surface area contributed by atoms with Gasteiger partial charge >= 0.3 is 5.97 Å². The van der Waals surface area contributed by atoms with Gasteiger partial charge in [-0.05, 0) is 18.9 Å². The highest BCUT2D eigenvalue weighted by Crippen LogP contribution is 2.38. The topological polar surface area (TPSA) is 40.5 Å². The molecule has 0 amide bonds. The van der Waals surface area contributed by atoms with E-state index < -0.39 is 5.97 Å². The summed E-state index contributed by atoms with van der Waals surface area (Å²) in [5.74, 6) is 0.399. The summed E-state index contributed by atoms with van der Waals surface area (Å²) >= 11 is 0. The van der Waals surface area contributed by atoms with Crippen LogP contribution in [0.5, 0.6) is 0 Å². The first-order valence-corrected chi connectivity index (χ1v) is 5.60. The first-order chi connectivity index (χ1) is 6.68. The minimum Gasteiger partial charge on any atom is -0.481 e. The summed E-state index contributed by atoms with van der Waals surface area (Å²) in [7, 11) is 2.03. The highest BCUT2D eigenvalue weighted by molar-refractivity contribution is 5.71. The normalized spacial score (nSPS) is 35.2. The molecular weight excluding hydrogens is 178 g/mol. The van der Waals surface area contributed by atoms with Crippen molar-refractivity contribution in [3.63, 3.8) is 0 Å². The molecule has 0 aromatic rings. The maximum absolute atomic E-state index is 11.1. The molecule has 2 rings (SSSR count). The quantitative estimate of drug-likeness (QED) is 0.728. The number of hydrogen-bond acceptors (Lipinski definition) is 2. The first-order valence-electron chi connectivity index (χ1n) is 5.60. The Morgan fingerprint density at radius 1 is 1.29 bits per heavy atom. The number of rotatable bonds is 2. The number of likely N-dealkylation sites (tertiary alicyclic amines) is 1. The molecule has 3 heteroatoms. The Kier molecular flexibility index (Phi) is 2.77. The SMILES string of the molecule is CN1C[C@H](C(=O)O)[C@@H](C2CCCC2)C1. The molecule has 0 radical (unpaired) electrons. The Morgan fingerprint density at radius 2 is 1.93 bits per heavy atom. The smallest absolute Gasteiger partial charge is 0.308 e. The van der Waals surface area contributed by atoms with Crippen molar-refractivity contribution in [3.05, 3.63) is 0 Å². The second-order valence-corrected chi connectivity index (χ2v) is 4.87. The maximum Gasteiger partial charge on any atom is 0.308 e. The van der Waals surface area contributed by atoms with Gasteiger partial charge in [0.2, 0.25) is 0 Å². The molecule has 1 N–H and O–H groups in total. The highest BCUT2D eigenvalue weighted by atomic mass is 16.4. The summed E-state index contributed by atoms with van der Waals surface area (Å²) < 4.78 is 0. The van der Waals surface area contributed by atoms with E-state index in [9.17, 15) is 4.79 Å². The zero-order valence-electron chi connectivity index (χ0n) is 8.78. The van der Waals surface area contributed by atoms with Gasteiger partial charge < -0.3 is 10.0 Å². The van der Waals surface area contributed by atoms with E-state index in [4.69, 9.17) is 5.11 Å². The molecule has 14 heavy (non-hydrogen) atoms. The van der Waals surface area contributed by atoms with Crippen LogP contribution in [0.25, 0.3) is 0 Å². The van der Waals surface area contributed by atoms with Gasteiger partial charge in [0.1, 0.15) is 0 Å². The van der Waals surface area contributed by atoms with Crippen molar-refractivity contribution in [1.82, 2.24) is 4.90 Å². The van der Waals surface area contributed by atoms with Crippen molar-refractivity contribution < 1.29 is 9.90 Å². The summed E-state index contributed by atoms with van der Waals surface area (Å²) in [6, 6.07) is 0. The van der Waals surface area contributed by atoms with E-state index in [1.54, 1.807) is 0 Å². The maximum atomic E-state index is 11.1. The van der Waals surface area contributed by atoms with Gasteiger partial charge in [-0.1, -0.05) is 25.7 Å². The number of aliphatic carboxylic acids is 1. The predicted octanol–water partition coefficient (Wildman–Crippen LogP) is 1.44. The predicted molar refractivity (Wildman–Crippen MR) is 54.1 cm³/mol. The van der Waals surface area contributed by atoms with Crippen LogP contribution in [0.2, 0.25) is 0 Å². The van der Waals surface area contributed by atoms with Crippen molar-refractivity contribution in [2.75, 3.05) is 20.1 Å². The third-order valence-electron chi connectivity index (χ3n) is 3.87. The Labute approximate surface area is 85.1 Å². The molecule has 1 heterocycles. The molecule has 2 aliphatic rings. The van der Waals surface area contributed by atoms with E-state index >= 15 is 0 Å².